The van der Waals surface area contributed by atoms with Crippen molar-refractivity contribution in [3.8, 4) is 0 Å². The molecule has 0 aliphatic rings. The second kappa shape index (κ2) is 6.90. The SMILES string of the molecule is CC(=O)c1cc(Br)ccc1N(Cc1ccccc1)C(C)C. The molecule has 2 nitrogen and oxygen atoms in total. The minimum atomic E-state index is 0.0880. The van der Waals surface area contributed by atoms with Gasteiger partial charge in [-0.25, -0.2) is 0 Å². The molecule has 0 heterocycles. The number of carbonyl (C=O) groups is 1. The van der Waals surface area contributed by atoms with Gasteiger partial charge >= 0.3 is 0 Å². The highest BCUT2D eigenvalue weighted by atomic mass is 79.9. The third-order valence-electron chi connectivity index (χ3n) is 3.47. The molecule has 0 saturated carbocycles. The van der Waals surface area contributed by atoms with E-state index in [1.165, 1.54) is 5.56 Å². The van der Waals surface area contributed by atoms with Crippen molar-refractivity contribution in [3.63, 3.8) is 0 Å². The molecule has 0 aromatic heterocycles. The molecule has 0 saturated heterocycles. The van der Waals surface area contributed by atoms with Gasteiger partial charge in [0, 0.05) is 28.3 Å². The van der Waals surface area contributed by atoms with Crippen LogP contribution in [0.15, 0.2) is 53.0 Å². The fourth-order valence-electron chi connectivity index (χ4n) is 2.37. The topological polar surface area (TPSA) is 20.3 Å². The number of halogens is 1. The van der Waals surface area contributed by atoms with Gasteiger partial charge < -0.3 is 4.90 Å². The summed E-state index contributed by atoms with van der Waals surface area (Å²) >= 11 is 3.45. The van der Waals surface area contributed by atoms with E-state index in [0.29, 0.717) is 6.04 Å². The van der Waals surface area contributed by atoms with Crippen LogP contribution in [0.4, 0.5) is 5.69 Å². The fraction of sp³-hybridized carbons (Fsp3) is 0.278. The van der Waals surface area contributed by atoms with Crippen molar-refractivity contribution in [2.24, 2.45) is 0 Å². The maximum atomic E-state index is 12.0. The molecular formula is C18H20BrNO. The Bertz CT molecular complexity index is 622. The normalized spacial score (nSPS) is 10.7. The molecule has 0 fully saturated rings. The number of benzene rings is 2. The lowest BCUT2D eigenvalue weighted by Crippen LogP contribution is -2.31. The third kappa shape index (κ3) is 3.94. The van der Waals surface area contributed by atoms with Crippen LogP contribution in [0.25, 0.3) is 0 Å². The van der Waals surface area contributed by atoms with Gasteiger partial charge in [0.1, 0.15) is 0 Å². The summed E-state index contributed by atoms with van der Waals surface area (Å²) in [6, 6.07) is 16.5. The number of anilines is 1. The van der Waals surface area contributed by atoms with E-state index in [9.17, 15) is 4.79 Å². The first kappa shape index (κ1) is 15.8. The summed E-state index contributed by atoms with van der Waals surface area (Å²) in [6.07, 6.45) is 0. The number of nitrogens with zero attached hydrogens (tertiary/aromatic N) is 1. The van der Waals surface area contributed by atoms with Gasteiger partial charge in [-0.1, -0.05) is 46.3 Å². The van der Waals surface area contributed by atoms with Crippen molar-refractivity contribution in [3.05, 3.63) is 64.1 Å². The molecule has 2 aromatic carbocycles. The third-order valence-corrected chi connectivity index (χ3v) is 3.96. The van der Waals surface area contributed by atoms with Gasteiger partial charge in [0.15, 0.2) is 5.78 Å². The van der Waals surface area contributed by atoms with Crippen LogP contribution < -0.4 is 4.90 Å². The molecule has 0 radical (unpaired) electrons. The average molecular weight is 346 g/mol. The lowest BCUT2D eigenvalue weighted by Gasteiger charge is -2.31. The largest absolute Gasteiger partial charge is 0.364 e. The summed E-state index contributed by atoms with van der Waals surface area (Å²) in [5.41, 5.74) is 2.99. The first-order valence-electron chi connectivity index (χ1n) is 7.10. The summed E-state index contributed by atoms with van der Waals surface area (Å²) in [6.45, 7) is 6.70. The Labute approximate surface area is 134 Å². The lowest BCUT2D eigenvalue weighted by molar-refractivity contribution is 0.101. The molecule has 0 spiro atoms. The van der Waals surface area contributed by atoms with E-state index >= 15 is 0 Å². The number of rotatable bonds is 5. The van der Waals surface area contributed by atoms with Crippen LogP contribution >= 0.6 is 15.9 Å². The standard InChI is InChI=1S/C18H20BrNO/c1-13(2)20(12-15-7-5-4-6-8-15)18-10-9-16(19)11-17(18)14(3)21/h4-11,13H,12H2,1-3H3. The van der Waals surface area contributed by atoms with E-state index in [2.05, 4.69) is 46.8 Å². The Morgan fingerprint density at radius 1 is 1.14 bits per heavy atom. The highest BCUT2D eigenvalue weighted by Crippen LogP contribution is 2.28. The van der Waals surface area contributed by atoms with Crippen LogP contribution in [-0.2, 0) is 6.54 Å². The predicted octanol–water partition coefficient (Wildman–Crippen LogP) is 5.07. The molecule has 0 N–H and O–H groups in total. The summed E-state index contributed by atoms with van der Waals surface area (Å²) < 4.78 is 0.930. The number of Topliss-reactive ketones (excluding diaryl/α,β-unsaturated/α-hetero) is 1. The molecule has 0 aliphatic heterocycles. The van der Waals surface area contributed by atoms with E-state index < -0.39 is 0 Å². The van der Waals surface area contributed by atoms with Crippen molar-refractivity contribution in [2.75, 3.05) is 4.90 Å². The van der Waals surface area contributed by atoms with Crippen LogP contribution in [-0.4, -0.2) is 11.8 Å². The molecular weight excluding hydrogens is 326 g/mol. The fourth-order valence-corrected chi connectivity index (χ4v) is 2.73. The van der Waals surface area contributed by atoms with Gasteiger partial charge in [0.25, 0.3) is 0 Å². The minimum absolute atomic E-state index is 0.0880. The Morgan fingerprint density at radius 2 is 1.81 bits per heavy atom. The van der Waals surface area contributed by atoms with E-state index in [1.807, 2.05) is 36.4 Å². The number of carbonyl (C=O) groups excluding carboxylic acids is 1. The first-order valence-corrected chi connectivity index (χ1v) is 7.89. The molecule has 2 rings (SSSR count). The van der Waals surface area contributed by atoms with E-state index in [0.717, 1.165) is 22.3 Å². The average Bonchev–Trinajstić information content (AvgIpc) is 2.46. The summed E-state index contributed by atoms with van der Waals surface area (Å²) in [4.78, 5) is 14.2. The molecule has 21 heavy (non-hydrogen) atoms. The Morgan fingerprint density at radius 3 is 2.38 bits per heavy atom. The molecule has 0 aliphatic carbocycles. The second-order valence-corrected chi connectivity index (χ2v) is 6.34. The molecule has 2 aromatic rings. The lowest BCUT2D eigenvalue weighted by atomic mass is 10.1. The van der Waals surface area contributed by atoms with Crippen molar-refractivity contribution in [1.82, 2.24) is 0 Å². The van der Waals surface area contributed by atoms with Crippen molar-refractivity contribution in [1.29, 1.82) is 0 Å². The van der Waals surface area contributed by atoms with Crippen LogP contribution in [0, 0.1) is 0 Å². The van der Waals surface area contributed by atoms with Crippen molar-refractivity contribution < 1.29 is 4.79 Å². The molecule has 110 valence electrons. The predicted molar refractivity (Wildman–Crippen MR) is 91.9 cm³/mol. The van der Waals surface area contributed by atoms with Gasteiger partial charge in [-0.3, -0.25) is 4.79 Å². The van der Waals surface area contributed by atoms with Gasteiger partial charge in [-0.05, 0) is 44.5 Å². The van der Waals surface area contributed by atoms with E-state index in [-0.39, 0.29) is 5.78 Å². The Hall–Kier alpha value is -1.61. The highest BCUT2D eigenvalue weighted by Gasteiger charge is 2.17. The van der Waals surface area contributed by atoms with E-state index in [4.69, 9.17) is 0 Å². The van der Waals surface area contributed by atoms with Crippen molar-refractivity contribution >= 4 is 27.4 Å². The first-order chi connectivity index (χ1) is 9.99. The smallest absolute Gasteiger partial charge is 0.161 e. The molecule has 0 bridgehead atoms. The molecule has 3 heteroatoms. The maximum Gasteiger partial charge on any atom is 0.161 e. The van der Waals surface area contributed by atoms with Gasteiger partial charge in [-0.2, -0.15) is 0 Å². The maximum absolute atomic E-state index is 12.0. The van der Waals surface area contributed by atoms with Crippen molar-refractivity contribution in [2.45, 2.75) is 33.4 Å². The van der Waals surface area contributed by atoms with Gasteiger partial charge in [0.05, 0.1) is 0 Å². The quantitative estimate of drug-likeness (QED) is 0.705. The van der Waals surface area contributed by atoms with E-state index in [1.54, 1.807) is 6.92 Å². The zero-order valence-corrected chi connectivity index (χ0v) is 14.2. The summed E-state index contributed by atoms with van der Waals surface area (Å²) in [5, 5.41) is 0. The monoisotopic (exact) mass is 345 g/mol. The zero-order chi connectivity index (χ0) is 15.4. The summed E-state index contributed by atoms with van der Waals surface area (Å²) in [5.74, 6) is 0.0880. The van der Waals surface area contributed by atoms with Gasteiger partial charge in [0.2, 0.25) is 0 Å². The highest BCUT2D eigenvalue weighted by molar-refractivity contribution is 9.10. The van der Waals surface area contributed by atoms with Gasteiger partial charge in [-0.15, -0.1) is 0 Å². The number of hydrogen-bond donors (Lipinski definition) is 0. The Balaban J connectivity index is 2.41. The Kier molecular flexibility index (Phi) is 5.18. The number of ketones is 1. The second-order valence-electron chi connectivity index (χ2n) is 5.42. The summed E-state index contributed by atoms with van der Waals surface area (Å²) in [7, 11) is 0. The van der Waals surface area contributed by atoms with Crippen LogP contribution in [0.3, 0.4) is 0 Å². The van der Waals surface area contributed by atoms with Crippen LogP contribution in [0.2, 0.25) is 0 Å². The minimum Gasteiger partial charge on any atom is -0.364 e. The molecule has 0 atom stereocenters. The number of hydrogen-bond acceptors (Lipinski definition) is 2. The molecule has 0 unspecified atom stereocenters. The van der Waals surface area contributed by atoms with Crippen LogP contribution in [0.1, 0.15) is 36.7 Å². The van der Waals surface area contributed by atoms with Crippen LogP contribution in [0.5, 0.6) is 0 Å². The molecule has 0 amide bonds. The zero-order valence-electron chi connectivity index (χ0n) is 12.6.